The van der Waals surface area contributed by atoms with Crippen LogP contribution in [0.25, 0.3) is 22.2 Å². The number of rotatable bonds is 3. The molecule has 0 aliphatic carbocycles. The first-order valence-electron chi connectivity index (χ1n) is 9.37. The quantitative estimate of drug-likeness (QED) is 0.477. The maximum absolute atomic E-state index is 13.1. The van der Waals surface area contributed by atoms with Crippen molar-refractivity contribution < 1.29 is 4.79 Å². The van der Waals surface area contributed by atoms with Gasteiger partial charge in [-0.2, -0.15) is 0 Å². The Morgan fingerprint density at radius 2 is 1.57 bits per heavy atom. The third-order valence-electron chi connectivity index (χ3n) is 5.07. The number of anilines is 1. The van der Waals surface area contributed by atoms with Gasteiger partial charge in [0.2, 0.25) is 0 Å². The summed E-state index contributed by atoms with van der Waals surface area (Å²) in [6, 6.07) is 23.8. The molecule has 0 bridgehead atoms. The molecule has 4 aromatic rings. The molecule has 1 amide bonds. The minimum Gasteiger partial charge on any atom is -0.322 e. The van der Waals surface area contributed by atoms with E-state index in [0.717, 1.165) is 33.4 Å². The highest BCUT2D eigenvalue weighted by atomic mass is 16.1. The maximum atomic E-state index is 13.1. The zero-order valence-electron chi connectivity index (χ0n) is 16.3. The first-order valence-corrected chi connectivity index (χ1v) is 9.37. The topological polar surface area (TPSA) is 42.0 Å². The van der Waals surface area contributed by atoms with Crippen LogP contribution in [0.4, 0.5) is 5.69 Å². The molecule has 1 N–H and O–H groups in total. The van der Waals surface area contributed by atoms with E-state index in [0.29, 0.717) is 5.56 Å². The van der Waals surface area contributed by atoms with Crippen molar-refractivity contribution >= 4 is 22.5 Å². The van der Waals surface area contributed by atoms with Gasteiger partial charge < -0.3 is 5.32 Å². The number of hydrogen-bond acceptors (Lipinski definition) is 2. The van der Waals surface area contributed by atoms with Gasteiger partial charge in [0.25, 0.3) is 5.91 Å². The van der Waals surface area contributed by atoms with E-state index >= 15 is 0 Å². The molecule has 0 radical (unpaired) electrons. The third-order valence-corrected chi connectivity index (χ3v) is 5.07. The lowest BCUT2D eigenvalue weighted by molar-refractivity contribution is 0.102. The lowest BCUT2D eigenvalue weighted by Crippen LogP contribution is -2.13. The van der Waals surface area contributed by atoms with Crippen LogP contribution in [-0.2, 0) is 0 Å². The fraction of sp³-hybridized carbons (Fsp3) is 0.120. The standard InChI is InChI=1S/C25H22N2O/c1-16-8-11-19(12-9-16)24-15-22(21-6-4-5-7-23(21)27-24)25(28)26-20-13-10-17(2)18(3)14-20/h4-15H,1-3H3,(H,26,28). The Bertz CT molecular complexity index is 1180. The Labute approximate surface area is 165 Å². The Kier molecular flexibility index (Phi) is 4.66. The number of aryl methyl sites for hydroxylation is 3. The van der Waals surface area contributed by atoms with Crippen molar-refractivity contribution in [3.8, 4) is 11.3 Å². The van der Waals surface area contributed by atoms with Crippen LogP contribution in [0.1, 0.15) is 27.0 Å². The van der Waals surface area contributed by atoms with Gasteiger partial charge in [0, 0.05) is 16.6 Å². The van der Waals surface area contributed by atoms with E-state index in [4.69, 9.17) is 4.98 Å². The fourth-order valence-electron chi connectivity index (χ4n) is 3.25. The summed E-state index contributed by atoms with van der Waals surface area (Å²) in [6.45, 7) is 6.16. The summed E-state index contributed by atoms with van der Waals surface area (Å²) in [5.74, 6) is -0.129. The molecule has 0 spiro atoms. The van der Waals surface area contributed by atoms with Crippen LogP contribution < -0.4 is 5.32 Å². The Morgan fingerprint density at radius 3 is 2.32 bits per heavy atom. The van der Waals surface area contributed by atoms with E-state index in [9.17, 15) is 4.79 Å². The van der Waals surface area contributed by atoms with Crippen LogP contribution in [0, 0.1) is 20.8 Å². The number of pyridine rings is 1. The molecule has 3 nitrogen and oxygen atoms in total. The van der Waals surface area contributed by atoms with Gasteiger partial charge in [-0.05, 0) is 56.2 Å². The van der Waals surface area contributed by atoms with Gasteiger partial charge in [0.1, 0.15) is 0 Å². The third kappa shape index (κ3) is 3.52. The van der Waals surface area contributed by atoms with E-state index in [2.05, 4.69) is 31.3 Å². The second-order valence-electron chi connectivity index (χ2n) is 7.19. The van der Waals surface area contributed by atoms with Gasteiger partial charge in [-0.1, -0.05) is 54.1 Å². The number of nitrogens with one attached hydrogen (secondary N) is 1. The molecule has 0 atom stereocenters. The molecule has 0 fully saturated rings. The average molecular weight is 366 g/mol. The van der Waals surface area contributed by atoms with E-state index < -0.39 is 0 Å². The predicted molar refractivity (Wildman–Crippen MR) is 116 cm³/mol. The summed E-state index contributed by atoms with van der Waals surface area (Å²) in [5, 5.41) is 3.89. The van der Waals surface area contributed by atoms with Crippen molar-refractivity contribution in [3.05, 3.63) is 95.1 Å². The number of fused-ring (bicyclic) bond motifs is 1. The number of carbonyl (C=O) groups excluding carboxylic acids is 1. The lowest BCUT2D eigenvalue weighted by Gasteiger charge is -2.12. The molecular formula is C25H22N2O. The summed E-state index contributed by atoms with van der Waals surface area (Å²) in [4.78, 5) is 17.9. The van der Waals surface area contributed by atoms with Gasteiger partial charge in [0.05, 0.1) is 16.8 Å². The smallest absolute Gasteiger partial charge is 0.256 e. The van der Waals surface area contributed by atoms with Crippen LogP contribution in [0.3, 0.4) is 0 Å². The molecule has 3 aromatic carbocycles. The first kappa shape index (κ1) is 17.9. The van der Waals surface area contributed by atoms with Crippen LogP contribution >= 0.6 is 0 Å². The molecule has 138 valence electrons. The van der Waals surface area contributed by atoms with Crippen LogP contribution in [0.2, 0.25) is 0 Å². The fourth-order valence-corrected chi connectivity index (χ4v) is 3.25. The second-order valence-corrected chi connectivity index (χ2v) is 7.19. The number of benzene rings is 3. The summed E-state index contributed by atoms with van der Waals surface area (Å²) in [7, 11) is 0. The van der Waals surface area contributed by atoms with Crippen molar-refractivity contribution in [2.24, 2.45) is 0 Å². The van der Waals surface area contributed by atoms with Crippen molar-refractivity contribution in [1.29, 1.82) is 0 Å². The van der Waals surface area contributed by atoms with Crippen molar-refractivity contribution in [3.63, 3.8) is 0 Å². The molecule has 3 heteroatoms. The summed E-state index contributed by atoms with van der Waals surface area (Å²) >= 11 is 0. The summed E-state index contributed by atoms with van der Waals surface area (Å²) in [5.41, 5.74) is 7.57. The zero-order chi connectivity index (χ0) is 19.7. The van der Waals surface area contributed by atoms with Crippen LogP contribution in [-0.4, -0.2) is 10.9 Å². The van der Waals surface area contributed by atoms with E-state index in [1.807, 2.05) is 67.6 Å². The molecule has 4 rings (SSSR count). The molecule has 28 heavy (non-hydrogen) atoms. The molecule has 0 aliphatic heterocycles. The Balaban J connectivity index is 1.79. The van der Waals surface area contributed by atoms with Crippen molar-refractivity contribution in [2.45, 2.75) is 20.8 Å². The highest BCUT2D eigenvalue weighted by Gasteiger charge is 2.14. The lowest BCUT2D eigenvalue weighted by atomic mass is 10.0. The number of para-hydroxylation sites is 1. The van der Waals surface area contributed by atoms with Gasteiger partial charge in [-0.15, -0.1) is 0 Å². The largest absolute Gasteiger partial charge is 0.322 e. The molecular weight excluding hydrogens is 344 g/mol. The zero-order valence-corrected chi connectivity index (χ0v) is 16.3. The van der Waals surface area contributed by atoms with Gasteiger partial charge in [-0.25, -0.2) is 4.98 Å². The molecule has 0 saturated heterocycles. The normalized spacial score (nSPS) is 10.8. The van der Waals surface area contributed by atoms with E-state index in [-0.39, 0.29) is 5.91 Å². The highest BCUT2D eigenvalue weighted by molar-refractivity contribution is 6.13. The Hall–Kier alpha value is -3.46. The molecule has 1 heterocycles. The minimum absolute atomic E-state index is 0.129. The summed E-state index contributed by atoms with van der Waals surface area (Å²) in [6.07, 6.45) is 0. The maximum Gasteiger partial charge on any atom is 0.256 e. The monoisotopic (exact) mass is 366 g/mol. The number of carbonyl (C=O) groups is 1. The highest BCUT2D eigenvalue weighted by Crippen LogP contribution is 2.26. The van der Waals surface area contributed by atoms with E-state index in [1.165, 1.54) is 11.1 Å². The van der Waals surface area contributed by atoms with Crippen LogP contribution in [0.15, 0.2) is 72.8 Å². The average Bonchev–Trinajstić information content (AvgIpc) is 2.70. The molecule has 0 unspecified atom stereocenters. The molecule has 0 aliphatic rings. The number of amides is 1. The number of aromatic nitrogens is 1. The van der Waals surface area contributed by atoms with Gasteiger partial charge in [-0.3, -0.25) is 4.79 Å². The minimum atomic E-state index is -0.129. The number of hydrogen-bond donors (Lipinski definition) is 1. The van der Waals surface area contributed by atoms with E-state index in [1.54, 1.807) is 0 Å². The molecule has 0 saturated carbocycles. The van der Waals surface area contributed by atoms with Gasteiger partial charge in [0.15, 0.2) is 0 Å². The SMILES string of the molecule is Cc1ccc(-c2cc(C(=O)Nc3ccc(C)c(C)c3)c3ccccc3n2)cc1. The molecule has 1 aromatic heterocycles. The predicted octanol–water partition coefficient (Wildman–Crippen LogP) is 6.08. The Morgan fingerprint density at radius 1 is 0.821 bits per heavy atom. The van der Waals surface area contributed by atoms with Crippen molar-refractivity contribution in [2.75, 3.05) is 5.32 Å². The number of nitrogens with zero attached hydrogens (tertiary/aromatic N) is 1. The first-order chi connectivity index (χ1) is 13.5. The summed E-state index contributed by atoms with van der Waals surface area (Å²) < 4.78 is 0. The van der Waals surface area contributed by atoms with Gasteiger partial charge >= 0.3 is 0 Å². The second kappa shape index (κ2) is 7.28. The van der Waals surface area contributed by atoms with Crippen LogP contribution in [0.5, 0.6) is 0 Å². The van der Waals surface area contributed by atoms with Crippen molar-refractivity contribution in [1.82, 2.24) is 4.98 Å².